The minimum Gasteiger partial charge on any atom is -0.496 e. The summed E-state index contributed by atoms with van der Waals surface area (Å²) in [7, 11) is 0.719. The molecule has 5 rings (SSSR count). The highest BCUT2D eigenvalue weighted by molar-refractivity contribution is 7.99. The molecule has 3 amide bonds. The molecule has 53 heavy (non-hydrogen) atoms. The summed E-state index contributed by atoms with van der Waals surface area (Å²) in [6.07, 6.45) is 1.82. The number of benzene rings is 4. The average Bonchev–Trinajstić information content (AvgIpc) is 3.16. The summed E-state index contributed by atoms with van der Waals surface area (Å²) in [5, 5.41) is 14.8. The van der Waals surface area contributed by atoms with E-state index in [4.69, 9.17) is 4.74 Å². The molecule has 15 heteroatoms. The van der Waals surface area contributed by atoms with Gasteiger partial charge in [-0.25, -0.2) is 17.9 Å². The molecule has 1 heterocycles. The van der Waals surface area contributed by atoms with E-state index < -0.39 is 31.4 Å². The summed E-state index contributed by atoms with van der Waals surface area (Å²) >= 11 is 1.58. The van der Waals surface area contributed by atoms with Gasteiger partial charge in [-0.05, 0) is 73.0 Å². The molecule has 13 nitrogen and oxygen atoms in total. The lowest BCUT2D eigenvalue weighted by Crippen LogP contribution is -2.51. The number of thioether (sulfide) groups is 1. The van der Waals surface area contributed by atoms with E-state index >= 15 is 0 Å². The molecule has 1 fully saturated rings. The number of carbonyl (C=O) groups excluding carboxylic acids is 2. The Hall–Kier alpha value is -5.12. The van der Waals surface area contributed by atoms with E-state index in [1.54, 1.807) is 50.0 Å². The largest absolute Gasteiger partial charge is 0.496 e. The number of nitrogens with one attached hydrogen (secondary N) is 2. The zero-order valence-corrected chi connectivity index (χ0v) is 31.6. The van der Waals surface area contributed by atoms with Crippen molar-refractivity contribution in [3.8, 4) is 16.9 Å². The van der Waals surface area contributed by atoms with Crippen LogP contribution in [-0.4, -0.2) is 106 Å². The lowest BCUT2D eigenvalue weighted by atomic mass is 9.99. The third kappa shape index (κ3) is 10.5. The number of hydrogen-bond donors (Lipinski definition) is 2. The lowest BCUT2D eigenvalue weighted by Gasteiger charge is -2.35. The number of hydrogen-bond acceptors (Lipinski definition) is 10. The van der Waals surface area contributed by atoms with E-state index in [1.165, 1.54) is 24.3 Å². The number of ether oxygens (including phenoxy) is 1. The van der Waals surface area contributed by atoms with Crippen LogP contribution in [0.25, 0.3) is 11.1 Å². The first-order valence-electron chi connectivity index (χ1n) is 17.2. The molecule has 4 aromatic rings. The van der Waals surface area contributed by atoms with Crippen LogP contribution in [0.5, 0.6) is 5.75 Å². The van der Waals surface area contributed by atoms with E-state index in [0.717, 1.165) is 73.2 Å². The van der Waals surface area contributed by atoms with Crippen molar-refractivity contribution in [2.24, 2.45) is 0 Å². The maximum Gasteiger partial charge on any atom is 0.319 e. The molecular formula is C38H44N6O7S2. The van der Waals surface area contributed by atoms with Gasteiger partial charge >= 0.3 is 6.03 Å². The molecule has 1 aliphatic rings. The Kier molecular flexibility index (Phi) is 13.3. The summed E-state index contributed by atoms with van der Waals surface area (Å²) in [5.41, 5.74) is 2.58. The number of rotatable bonds is 15. The minimum atomic E-state index is -4.42. The first kappa shape index (κ1) is 39.1. The summed E-state index contributed by atoms with van der Waals surface area (Å²) in [4.78, 5) is 42.9. The molecule has 1 saturated heterocycles. The molecule has 0 unspecified atom stereocenters. The topological polar surface area (TPSA) is 154 Å². The van der Waals surface area contributed by atoms with Crippen LogP contribution >= 0.6 is 11.8 Å². The summed E-state index contributed by atoms with van der Waals surface area (Å²) in [6.45, 7) is 4.50. The summed E-state index contributed by atoms with van der Waals surface area (Å²) in [6, 6.07) is 25.7. The highest BCUT2D eigenvalue weighted by atomic mass is 32.2. The molecule has 4 aromatic carbocycles. The SMILES string of the molecule is COc1cc(CCCN2CCN(C(=O)N(C)C)CC2)ccc1-c1ccc(C(=O)NS(=O)(=O)c2ccc(NCCSc3ccccc3)c([N+](=O)[O-])c2)cc1. The van der Waals surface area contributed by atoms with Gasteiger partial charge in [0.1, 0.15) is 11.4 Å². The maximum atomic E-state index is 13.1. The van der Waals surface area contributed by atoms with Crippen molar-refractivity contribution in [2.45, 2.75) is 22.6 Å². The smallest absolute Gasteiger partial charge is 0.319 e. The molecule has 1 aliphatic heterocycles. The summed E-state index contributed by atoms with van der Waals surface area (Å²) < 4.78 is 34.0. The number of piperazine rings is 1. The second-order valence-electron chi connectivity index (χ2n) is 12.7. The number of sulfonamides is 1. The number of anilines is 1. The predicted octanol–water partition coefficient (Wildman–Crippen LogP) is 5.83. The number of methoxy groups -OCH3 is 1. The number of carbonyl (C=O) groups is 2. The minimum absolute atomic E-state index is 0.0493. The maximum absolute atomic E-state index is 13.1. The average molecular weight is 761 g/mol. The van der Waals surface area contributed by atoms with Crippen LogP contribution in [0.4, 0.5) is 16.2 Å². The number of nitro groups is 1. The Morgan fingerprint density at radius 1 is 0.943 bits per heavy atom. The van der Waals surface area contributed by atoms with Crippen LogP contribution in [-0.2, 0) is 16.4 Å². The number of urea groups is 1. The molecule has 2 N–H and O–H groups in total. The van der Waals surface area contributed by atoms with Crippen LogP contribution in [0.3, 0.4) is 0 Å². The molecule has 0 spiro atoms. The first-order chi connectivity index (χ1) is 25.4. The van der Waals surface area contributed by atoms with E-state index in [1.807, 2.05) is 58.2 Å². The van der Waals surface area contributed by atoms with Gasteiger partial charge in [0.25, 0.3) is 21.6 Å². The molecule has 0 radical (unpaired) electrons. The van der Waals surface area contributed by atoms with Gasteiger partial charge in [-0.15, -0.1) is 11.8 Å². The van der Waals surface area contributed by atoms with Crippen LogP contribution in [0, 0.1) is 10.1 Å². The summed E-state index contributed by atoms with van der Waals surface area (Å²) in [5.74, 6) is 0.441. The van der Waals surface area contributed by atoms with Crippen LogP contribution in [0.2, 0.25) is 0 Å². The van der Waals surface area contributed by atoms with Gasteiger partial charge in [0.05, 0.1) is 16.9 Å². The molecule has 0 aliphatic carbocycles. The Morgan fingerprint density at radius 2 is 1.66 bits per heavy atom. The third-order valence-electron chi connectivity index (χ3n) is 8.82. The highest BCUT2D eigenvalue weighted by Crippen LogP contribution is 2.32. The highest BCUT2D eigenvalue weighted by Gasteiger charge is 2.25. The van der Waals surface area contributed by atoms with E-state index in [2.05, 4.69) is 10.2 Å². The monoisotopic (exact) mass is 760 g/mol. The zero-order chi connectivity index (χ0) is 38.0. The number of nitrogens with zero attached hydrogens (tertiary/aromatic N) is 4. The first-order valence-corrected chi connectivity index (χ1v) is 19.7. The van der Waals surface area contributed by atoms with E-state index in [9.17, 15) is 28.1 Å². The van der Waals surface area contributed by atoms with Crippen molar-refractivity contribution >= 4 is 45.1 Å². The van der Waals surface area contributed by atoms with Crippen molar-refractivity contribution < 1.29 is 27.7 Å². The second kappa shape index (κ2) is 18.1. The molecule has 0 saturated carbocycles. The fraction of sp³-hybridized carbons (Fsp3) is 0.316. The fourth-order valence-corrected chi connectivity index (χ4v) is 7.76. The van der Waals surface area contributed by atoms with Gasteiger partial charge in [-0.3, -0.25) is 19.8 Å². The van der Waals surface area contributed by atoms with Crippen molar-refractivity contribution in [3.05, 3.63) is 112 Å². The number of nitro benzene ring substituents is 1. The van der Waals surface area contributed by atoms with E-state index in [-0.39, 0.29) is 17.3 Å². The van der Waals surface area contributed by atoms with Crippen LogP contribution < -0.4 is 14.8 Å². The molecule has 0 bridgehead atoms. The van der Waals surface area contributed by atoms with Crippen molar-refractivity contribution in [1.29, 1.82) is 0 Å². The fourth-order valence-electron chi connectivity index (χ4n) is 5.97. The van der Waals surface area contributed by atoms with Gasteiger partial charge in [0, 0.05) is 74.7 Å². The number of amides is 3. The van der Waals surface area contributed by atoms with Gasteiger partial charge in [0.2, 0.25) is 0 Å². The van der Waals surface area contributed by atoms with Crippen molar-refractivity contribution in [2.75, 3.05) is 71.5 Å². The van der Waals surface area contributed by atoms with Gasteiger partial charge < -0.3 is 19.9 Å². The Bertz CT molecular complexity index is 2000. The van der Waals surface area contributed by atoms with Gasteiger partial charge in [-0.1, -0.05) is 42.5 Å². The van der Waals surface area contributed by atoms with Crippen LogP contribution in [0.1, 0.15) is 22.3 Å². The van der Waals surface area contributed by atoms with Gasteiger partial charge in [0.15, 0.2) is 0 Å². The Labute approximate surface area is 314 Å². The van der Waals surface area contributed by atoms with Crippen molar-refractivity contribution in [1.82, 2.24) is 19.4 Å². The lowest BCUT2D eigenvalue weighted by molar-refractivity contribution is -0.384. The van der Waals surface area contributed by atoms with Crippen LogP contribution in [0.15, 0.2) is 101 Å². The van der Waals surface area contributed by atoms with Gasteiger partial charge in [-0.2, -0.15) is 0 Å². The predicted molar refractivity (Wildman–Crippen MR) is 207 cm³/mol. The molecule has 280 valence electrons. The standard InChI is InChI=1S/C38H44N6O7S2/c1-41(2)38(46)43-23-21-42(22-24-43)20-7-8-28-11-17-33(36(26-28)51-3)29-12-14-30(15-13-29)37(45)40-53(49,50)32-16-18-34(35(27-32)44(47)48)39-19-25-52-31-9-5-4-6-10-31/h4-6,9-18,26-27,39H,7-8,19-25H2,1-3H3,(H,40,45). The molecule has 0 atom stereocenters. The molecular weight excluding hydrogens is 717 g/mol. The quantitative estimate of drug-likeness (QED) is 0.0656. The molecule has 0 aromatic heterocycles. The Balaban J connectivity index is 1.15. The van der Waals surface area contributed by atoms with Crippen molar-refractivity contribution in [3.63, 3.8) is 0 Å². The number of aryl methyl sites for hydroxylation is 1. The Morgan fingerprint density at radius 3 is 2.32 bits per heavy atom. The normalized spacial score (nSPS) is 13.3. The zero-order valence-electron chi connectivity index (χ0n) is 30.0. The second-order valence-corrected chi connectivity index (χ2v) is 15.5. The third-order valence-corrected chi connectivity index (χ3v) is 11.2. The van der Waals surface area contributed by atoms with E-state index in [0.29, 0.717) is 18.0 Å².